The van der Waals surface area contributed by atoms with Gasteiger partial charge < -0.3 is 19.9 Å². The summed E-state index contributed by atoms with van der Waals surface area (Å²) >= 11 is 0. The van der Waals surface area contributed by atoms with Gasteiger partial charge in [-0.15, -0.1) is 0 Å². The average molecular weight is 360 g/mol. The number of para-hydroxylation sites is 2. The summed E-state index contributed by atoms with van der Waals surface area (Å²) in [4.78, 5) is 8.72. The number of ether oxygens (including phenoxy) is 1. The number of aromatic nitrogens is 2. The molecule has 6 heteroatoms. The molecule has 2 rings (SSSR count). The van der Waals surface area contributed by atoms with Crippen LogP contribution in [0.4, 0.5) is 0 Å². The molecule has 2 aromatic rings. The van der Waals surface area contributed by atoms with Crippen molar-refractivity contribution in [3.05, 3.63) is 30.6 Å². The topological polar surface area (TPSA) is 63.5 Å². The third-order valence-corrected chi connectivity index (χ3v) is 4.46. The zero-order valence-electron chi connectivity index (χ0n) is 16.5. The van der Waals surface area contributed by atoms with Crippen LogP contribution >= 0.6 is 0 Å². The maximum atomic E-state index is 5.78. The number of aliphatic imine (C=N–C) groups is 1. The van der Waals surface area contributed by atoms with E-state index in [2.05, 4.69) is 51.2 Å². The van der Waals surface area contributed by atoms with Gasteiger partial charge in [0.15, 0.2) is 5.96 Å². The van der Waals surface area contributed by atoms with Crippen molar-refractivity contribution in [2.24, 2.45) is 10.9 Å². The van der Waals surface area contributed by atoms with Gasteiger partial charge in [-0.05, 0) is 37.8 Å². The SMILES string of the molecule is CCOC(CCNC(=NC)NCCCn1cnc2ccccc21)C(C)C. The Morgan fingerprint density at radius 2 is 2.00 bits per heavy atom. The Bertz CT molecular complexity index is 680. The molecule has 0 radical (unpaired) electrons. The van der Waals surface area contributed by atoms with Crippen LogP contribution < -0.4 is 10.6 Å². The first kappa shape index (κ1) is 20.2. The van der Waals surface area contributed by atoms with Gasteiger partial charge in [0, 0.05) is 33.3 Å². The Hall–Kier alpha value is -2.08. The van der Waals surface area contributed by atoms with Gasteiger partial charge in [0.05, 0.1) is 23.5 Å². The molecule has 0 saturated carbocycles. The molecule has 0 bridgehead atoms. The Labute approximate surface area is 157 Å². The molecule has 2 N–H and O–H groups in total. The Morgan fingerprint density at radius 1 is 1.23 bits per heavy atom. The van der Waals surface area contributed by atoms with Crippen molar-refractivity contribution in [1.82, 2.24) is 20.2 Å². The molecule has 0 amide bonds. The molecule has 1 unspecified atom stereocenters. The second-order valence-electron chi connectivity index (χ2n) is 6.73. The molecule has 0 aliphatic rings. The van der Waals surface area contributed by atoms with E-state index in [1.807, 2.05) is 25.4 Å². The lowest BCUT2D eigenvalue weighted by Crippen LogP contribution is -2.39. The van der Waals surface area contributed by atoms with Crippen molar-refractivity contribution in [3.63, 3.8) is 0 Å². The predicted octanol–water partition coefficient (Wildman–Crippen LogP) is 3.04. The molecule has 0 aliphatic carbocycles. The Kier molecular flexibility index (Phi) is 8.41. The van der Waals surface area contributed by atoms with Crippen LogP contribution in [0.15, 0.2) is 35.6 Å². The monoisotopic (exact) mass is 359 g/mol. The maximum absolute atomic E-state index is 5.78. The first-order valence-corrected chi connectivity index (χ1v) is 9.61. The number of hydrogen-bond acceptors (Lipinski definition) is 3. The minimum Gasteiger partial charge on any atom is -0.378 e. The molecule has 0 spiro atoms. The summed E-state index contributed by atoms with van der Waals surface area (Å²) in [5.41, 5.74) is 2.23. The number of rotatable bonds is 10. The lowest BCUT2D eigenvalue weighted by atomic mass is 10.0. The van der Waals surface area contributed by atoms with Crippen LogP contribution in [-0.4, -0.2) is 48.4 Å². The van der Waals surface area contributed by atoms with Gasteiger partial charge in [-0.25, -0.2) is 4.98 Å². The van der Waals surface area contributed by atoms with E-state index in [-0.39, 0.29) is 0 Å². The minimum atomic E-state index is 0.292. The van der Waals surface area contributed by atoms with Crippen LogP contribution in [-0.2, 0) is 11.3 Å². The van der Waals surface area contributed by atoms with Crippen molar-refractivity contribution < 1.29 is 4.74 Å². The fraction of sp³-hybridized carbons (Fsp3) is 0.600. The van der Waals surface area contributed by atoms with Gasteiger partial charge in [-0.3, -0.25) is 4.99 Å². The highest BCUT2D eigenvalue weighted by molar-refractivity contribution is 5.79. The van der Waals surface area contributed by atoms with Gasteiger partial charge in [-0.1, -0.05) is 26.0 Å². The van der Waals surface area contributed by atoms with Crippen LogP contribution in [0.2, 0.25) is 0 Å². The van der Waals surface area contributed by atoms with E-state index in [9.17, 15) is 0 Å². The molecular formula is C20H33N5O. The summed E-state index contributed by atoms with van der Waals surface area (Å²) in [6.07, 6.45) is 4.19. The summed E-state index contributed by atoms with van der Waals surface area (Å²) in [5.74, 6) is 1.37. The zero-order chi connectivity index (χ0) is 18.8. The largest absolute Gasteiger partial charge is 0.378 e. The molecule has 1 atom stereocenters. The van der Waals surface area contributed by atoms with Gasteiger partial charge in [0.25, 0.3) is 0 Å². The number of nitrogens with zero attached hydrogens (tertiary/aromatic N) is 3. The van der Waals surface area contributed by atoms with Crippen molar-refractivity contribution in [3.8, 4) is 0 Å². The van der Waals surface area contributed by atoms with Gasteiger partial charge in [0.2, 0.25) is 0 Å². The quantitative estimate of drug-likeness (QED) is 0.389. The van der Waals surface area contributed by atoms with E-state index in [0.29, 0.717) is 12.0 Å². The molecule has 26 heavy (non-hydrogen) atoms. The molecule has 144 valence electrons. The molecule has 0 fully saturated rings. The Balaban J connectivity index is 1.69. The zero-order valence-corrected chi connectivity index (χ0v) is 16.5. The van der Waals surface area contributed by atoms with E-state index in [0.717, 1.165) is 50.6 Å². The number of fused-ring (bicyclic) bond motifs is 1. The first-order chi connectivity index (χ1) is 12.7. The van der Waals surface area contributed by atoms with E-state index in [1.165, 1.54) is 5.52 Å². The van der Waals surface area contributed by atoms with Crippen molar-refractivity contribution in [1.29, 1.82) is 0 Å². The molecule has 1 aromatic carbocycles. The Morgan fingerprint density at radius 3 is 2.73 bits per heavy atom. The standard InChI is InChI=1S/C20H33N5O/c1-5-26-19(16(2)3)11-13-23-20(21-4)22-12-8-14-25-15-24-17-9-6-7-10-18(17)25/h6-7,9-10,15-16,19H,5,8,11-14H2,1-4H3,(H2,21,22,23). The lowest BCUT2D eigenvalue weighted by Gasteiger charge is -2.21. The molecule has 1 aromatic heterocycles. The number of imidazole rings is 1. The van der Waals surface area contributed by atoms with Crippen LogP contribution in [0.3, 0.4) is 0 Å². The fourth-order valence-electron chi connectivity index (χ4n) is 3.02. The second-order valence-corrected chi connectivity index (χ2v) is 6.73. The highest BCUT2D eigenvalue weighted by Crippen LogP contribution is 2.12. The van der Waals surface area contributed by atoms with Crippen molar-refractivity contribution >= 4 is 17.0 Å². The van der Waals surface area contributed by atoms with Gasteiger partial charge in [0.1, 0.15) is 0 Å². The highest BCUT2D eigenvalue weighted by Gasteiger charge is 2.12. The second kappa shape index (κ2) is 10.8. The fourth-order valence-corrected chi connectivity index (χ4v) is 3.02. The normalized spacial score (nSPS) is 13.3. The third kappa shape index (κ3) is 6.02. The summed E-state index contributed by atoms with van der Waals surface area (Å²) < 4.78 is 7.98. The van der Waals surface area contributed by atoms with Crippen LogP contribution in [0.5, 0.6) is 0 Å². The predicted molar refractivity (Wildman–Crippen MR) is 109 cm³/mol. The summed E-state index contributed by atoms with van der Waals surface area (Å²) in [6.45, 7) is 9.87. The number of nitrogens with one attached hydrogen (secondary N) is 2. The molecule has 1 heterocycles. The summed E-state index contributed by atoms with van der Waals surface area (Å²) in [5, 5.41) is 6.76. The number of aryl methyl sites for hydroxylation is 1. The van der Waals surface area contributed by atoms with Crippen LogP contribution in [0, 0.1) is 5.92 Å². The molecular weight excluding hydrogens is 326 g/mol. The van der Waals surface area contributed by atoms with Crippen LogP contribution in [0.25, 0.3) is 11.0 Å². The lowest BCUT2D eigenvalue weighted by molar-refractivity contribution is 0.0258. The highest BCUT2D eigenvalue weighted by atomic mass is 16.5. The first-order valence-electron chi connectivity index (χ1n) is 9.61. The number of guanidine groups is 1. The molecule has 0 saturated heterocycles. The summed E-state index contributed by atoms with van der Waals surface area (Å²) in [7, 11) is 1.81. The van der Waals surface area contributed by atoms with Crippen molar-refractivity contribution in [2.45, 2.75) is 46.3 Å². The van der Waals surface area contributed by atoms with E-state index >= 15 is 0 Å². The van der Waals surface area contributed by atoms with E-state index < -0.39 is 0 Å². The van der Waals surface area contributed by atoms with Gasteiger partial charge >= 0.3 is 0 Å². The van der Waals surface area contributed by atoms with Crippen molar-refractivity contribution in [2.75, 3.05) is 26.7 Å². The third-order valence-electron chi connectivity index (χ3n) is 4.46. The number of benzene rings is 1. The molecule has 0 aliphatic heterocycles. The van der Waals surface area contributed by atoms with E-state index in [1.54, 1.807) is 7.05 Å². The number of hydrogen-bond donors (Lipinski definition) is 2. The van der Waals surface area contributed by atoms with Gasteiger partial charge in [-0.2, -0.15) is 0 Å². The smallest absolute Gasteiger partial charge is 0.190 e. The molecule has 6 nitrogen and oxygen atoms in total. The summed E-state index contributed by atoms with van der Waals surface area (Å²) in [6, 6.07) is 8.23. The van der Waals surface area contributed by atoms with E-state index in [4.69, 9.17) is 4.74 Å². The van der Waals surface area contributed by atoms with Crippen LogP contribution in [0.1, 0.15) is 33.6 Å². The minimum absolute atomic E-state index is 0.292. The maximum Gasteiger partial charge on any atom is 0.190 e. The average Bonchev–Trinajstić information content (AvgIpc) is 3.06.